The number of nitrogens with zero attached hydrogens (tertiary/aromatic N) is 5. The van der Waals surface area contributed by atoms with Crippen LogP contribution in [0.4, 0.5) is 10.2 Å². The molecule has 0 saturated heterocycles. The van der Waals surface area contributed by atoms with E-state index in [1.165, 1.54) is 12.4 Å². The highest BCUT2D eigenvalue weighted by Crippen LogP contribution is 2.30. The van der Waals surface area contributed by atoms with E-state index in [2.05, 4.69) is 33.8 Å². The Morgan fingerprint density at radius 3 is 2.68 bits per heavy atom. The molecule has 0 aliphatic rings. The summed E-state index contributed by atoms with van der Waals surface area (Å²) in [4.78, 5) is 16.8. The molecule has 0 bridgehead atoms. The van der Waals surface area contributed by atoms with Gasteiger partial charge in [-0.25, -0.2) is 19.9 Å². The van der Waals surface area contributed by atoms with E-state index in [1.54, 1.807) is 18.3 Å². The van der Waals surface area contributed by atoms with E-state index >= 15 is 0 Å². The van der Waals surface area contributed by atoms with Crippen molar-refractivity contribution in [1.29, 1.82) is 0 Å². The summed E-state index contributed by atoms with van der Waals surface area (Å²) in [5, 5.41) is 0. The van der Waals surface area contributed by atoms with E-state index in [0.717, 1.165) is 24.1 Å². The average molecular weight is 340 g/mol. The molecule has 0 aromatic carbocycles. The summed E-state index contributed by atoms with van der Waals surface area (Å²) >= 11 is 0. The second-order valence-corrected chi connectivity index (χ2v) is 5.86. The van der Waals surface area contributed by atoms with Gasteiger partial charge in [0.1, 0.15) is 17.8 Å². The minimum atomic E-state index is -0.531. The Balaban J connectivity index is 2.00. The molecular weight excluding hydrogens is 319 g/mol. The number of hydrogen-bond donors (Lipinski definition) is 1. The summed E-state index contributed by atoms with van der Waals surface area (Å²) in [7, 11) is 0. The molecule has 0 radical (unpaired) electrons. The van der Waals surface area contributed by atoms with E-state index in [4.69, 9.17) is 5.73 Å². The van der Waals surface area contributed by atoms with Gasteiger partial charge in [0, 0.05) is 18.0 Å². The van der Waals surface area contributed by atoms with Crippen LogP contribution < -0.4 is 5.73 Å². The minimum Gasteiger partial charge on any atom is -0.383 e. The lowest BCUT2D eigenvalue weighted by molar-refractivity contribution is 0.584. The maximum Gasteiger partial charge on any atom is 0.213 e. The quantitative estimate of drug-likeness (QED) is 0.695. The van der Waals surface area contributed by atoms with Gasteiger partial charge < -0.3 is 10.3 Å². The zero-order valence-electron chi connectivity index (χ0n) is 14.4. The Morgan fingerprint density at radius 1 is 1.16 bits per heavy atom. The van der Waals surface area contributed by atoms with Gasteiger partial charge in [0.15, 0.2) is 5.82 Å². The predicted octanol–water partition coefficient (Wildman–Crippen LogP) is 3.41. The van der Waals surface area contributed by atoms with Crippen LogP contribution in [0.5, 0.6) is 0 Å². The molecule has 25 heavy (non-hydrogen) atoms. The molecule has 0 aliphatic heterocycles. The van der Waals surface area contributed by atoms with Gasteiger partial charge in [-0.3, -0.25) is 0 Å². The van der Waals surface area contributed by atoms with Crippen molar-refractivity contribution in [3.63, 3.8) is 0 Å². The van der Waals surface area contributed by atoms with E-state index in [9.17, 15) is 4.39 Å². The van der Waals surface area contributed by atoms with Crippen LogP contribution in [-0.4, -0.2) is 24.5 Å². The highest BCUT2D eigenvalue weighted by atomic mass is 19.1. The lowest BCUT2D eigenvalue weighted by Crippen LogP contribution is -2.13. The van der Waals surface area contributed by atoms with E-state index in [1.807, 2.05) is 10.8 Å². The maximum atomic E-state index is 13.4. The van der Waals surface area contributed by atoms with Gasteiger partial charge in [0.25, 0.3) is 0 Å². The Bertz CT molecular complexity index is 856. The van der Waals surface area contributed by atoms with Crippen molar-refractivity contribution in [1.82, 2.24) is 24.5 Å². The molecule has 7 heteroatoms. The molecular formula is C18H21FN6. The summed E-state index contributed by atoms with van der Waals surface area (Å²) < 4.78 is 15.3. The van der Waals surface area contributed by atoms with Gasteiger partial charge >= 0.3 is 0 Å². The maximum absolute atomic E-state index is 13.4. The lowest BCUT2D eigenvalue weighted by atomic mass is 9.92. The zero-order valence-corrected chi connectivity index (χ0v) is 14.4. The molecule has 0 unspecified atom stereocenters. The van der Waals surface area contributed by atoms with Crippen molar-refractivity contribution in [3.05, 3.63) is 54.1 Å². The van der Waals surface area contributed by atoms with Crippen LogP contribution >= 0.6 is 0 Å². The number of nitrogens with two attached hydrogens (primary N) is 1. The summed E-state index contributed by atoms with van der Waals surface area (Å²) in [5.41, 5.74) is 8.46. The molecule has 0 aliphatic carbocycles. The molecule has 130 valence electrons. The number of aromatic nitrogens is 5. The van der Waals surface area contributed by atoms with Crippen molar-refractivity contribution < 1.29 is 4.39 Å². The Kier molecular flexibility index (Phi) is 5.02. The fourth-order valence-corrected chi connectivity index (χ4v) is 3.08. The van der Waals surface area contributed by atoms with Gasteiger partial charge in [0.2, 0.25) is 5.95 Å². The SMILES string of the molecule is CCC(CC)c1c(N)ncnc1Cn1ccnc1-c1cccc(F)n1. The summed E-state index contributed by atoms with van der Waals surface area (Å²) in [6.07, 6.45) is 6.90. The first kappa shape index (κ1) is 17.0. The fraction of sp³-hybridized carbons (Fsp3) is 0.333. The zero-order chi connectivity index (χ0) is 17.8. The molecule has 6 nitrogen and oxygen atoms in total. The van der Waals surface area contributed by atoms with Crippen molar-refractivity contribution in [2.75, 3.05) is 5.73 Å². The van der Waals surface area contributed by atoms with Gasteiger partial charge in [-0.2, -0.15) is 4.39 Å². The normalized spacial score (nSPS) is 11.2. The van der Waals surface area contributed by atoms with Crippen LogP contribution in [0.3, 0.4) is 0 Å². The molecule has 3 heterocycles. The monoisotopic (exact) mass is 340 g/mol. The molecule has 3 aromatic rings. The number of pyridine rings is 1. The molecule has 3 aromatic heterocycles. The molecule has 0 saturated carbocycles. The first-order valence-electron chi connectivity index (χ1n) is 8.37. The van der Waals surface area contributed by atoms with Crippen LogP contribution in [0.15, 0.2) is 36.9 Å². The average Bonchev–Trinajstić information content (AvgIpc) is 3.06. The van der Waals surface area contributed by atoms with Crippen LogP contribution in [0, 0.1) is 5.95 Å². The molecule has 0 spiro atoms. The Hall–Kier alpha value is -2.83. The Morgan fingerprint density at radius 2 is 1.96 bits per heavy atom. The molecule has 0 fully saturated rings. The van der Waals surface area contributed by atoms with E-state index < -0.39 is 5.95 Å². The first-order valence-corrected chi connectivity index (χ1v) is 8.37. The van der Waals surface area contributed by atoms with Crippen molar-refractivity contribution in [2.45, 2.75) is 39.2 Å². The second-order valence-electron chi connectivity index (χ2n) is 5.86. The highest BCUT2D eigenvalue weighted by Gasteiger charge is 2.19. The third-order valence-electron chi connectivity index (χ3n) is 4.37. The van der Waals surface area contributed by atoms with E-state index in [-0.39, 0.29) is 0 Å². The number of imidazole rings is 1. The van der Waals surface area contributed by atoms with Crippen LogP contribution in [-0.2, 0) is 6.54 Å². The van der Waals surface area contributed by atoms with Gasteiger partial charge in [0.05, 0.1) is 12.2 Å². The van der Waals surface area contributed by atoms with Crippen LogP contribution in [0.2, 0.25) is 0 Å². The second kappa shape index (κ2) is 7.38. The standard InChI is InChI=1S/C18H21FN6/c1-3-12(4-2)16-14(22-11-23-17(16)20)10-25-9-8-21-18(25)13-6-5-7-15(19)24-13/h5-9,11-12H,3-4,10H2,1-2H3,(H2,20,22,23). The molecule has 3 rings (SSSR count). The van der Waals surface area contributed by atoms with Gasteiger partial charge in [-0.15, -0.1) is 0 Å². The van der Waals surface area contributed by atoms with Crippen LogP contribution in [0.1, 0.15) is 43.9 Å². The fourth-order valence-electron chi connectivity index (χ4n) is 3.08. The predicted molar refractivity (Wildman–Crippen MR) is 94.3 cm³/mol. The highest BCUT2D eigenvalue weighted by molar-refractivity contribution is 5.50. The number of rotatable bonds is 6. The summed E-state index contributed by atoms with van der Waals surface area (Å²) in [6.45, 7) is 4.74. The lowest BCUT2D eigenvalue weighted by Gasteiger charge is -2.19. The minimum absolute atomic E-state index is 0.301. The van der Waals surface area contributed by atoms with Crippen LogP contribution in [0.25, 0.3) is 11.5 Å². The van der Waals surface area contributed by atoms with Crippen molar-refractivity contribution in [3.8, 4) is 11.5 Å². The number of hydrogen-bond acceptors (Lipinski definition) is 5. The smallest absolute Gasteiger partial charge is 0.213 e. The topological polar surface area (TPSA) is 82.5 Å². The first-order chi connectivity index (χ1) is 12.1. The van der Waals surface area contributed by atoms with E-state index in [0.29, 0.717) is 29.8 Å². The summed E-state index contributed by atoms with van der Waals surface area (Å²) in [5.74, 6) is 0.878. The molecule has 2 N–H and O–H groups in total. The summed E-state index contributed by atoms with van der Waals surface area (Å²) in [6, 6.07) is 4.67. The largest absolute Gasteiger partial charge is 0.383 e. The third-order valence-corrected chi connectivity index (χ3v) is 4.37. The van der Waals surface area contributed by atoms with Gasteiger partial charge in [-0.05, 0) is 30.9 Å². The van der Waals surface area contributed by atoms with Gasteiger partial charge in [-0.1, -0.05) is 19.9 Å². The Labute approximate surface area is 146 Å². The molecule has 0 amide bonds. The number of anilines is 1. The van der Waals surface area contributed by atoms with Crippen molar-refractivity contribution >= 4 is 5.82 Å². The number of nitrogen functional groups attached to an aromatic ring is 1. The number of halogens is 1. The third kappa shape index (κ3) is 3.50. The van der Waals surface area contributed by atoms with Crippen molar-refractivity contribution in [2.24, 2.45) is 0 Å². The molecule has 0 atom stereocenters.